The van der Waals surface area contributed by atoms with E-state index in [0.717, 1.165) is 10.4 Å². The van der Waals surface area contributed by atoms with Gasteiger partial charge in [0.05, 0.1) is 31.8 Å². The molecule has 0 atom stereocenters. The number of benzene rings is 1. The molecule has 3 rings (SSSR count). The van der Waals surface area contributed by atoms with Crippen LogP contribution in [0.2, 0.25) is 0 Å². The molecule has 1 amide bonds. The number of amides is 1. The fourth-order valence-electron chi connectivity index (χ4n) is 3.17. The molecule has 0 aliphatic heterocycles. The van der Waals surface area contributed by atoms with Crippen LogP contribution in [0.25, 0.3) is 10.2 Å². The van der Waals surface area contributed by atoms with E-state index in [0.29, 0.717) is 39.8 Å². The molecule has 9 heteroatoms. The lowest BCUT2D eigenvalue weighted by Gasteiger charge is -2.16. The van der Waals surface area contributed by atoms with Crippen molar-refractivity contribution in [1.29, 1.82) is 0 Å². The van der Waals surface area contributed by atoms with E-state index in [9.17, 15) is 9.59 Å². The number of methoxy groups -OCH3 is 2. The van der Waals surface area contributed by atoms with Gasteiger partial charge in [-0.05, 0) is 45.6 Å². The number of thiophene rings is 1. The number of aryl methyl sites for hydroxylation is 2. The summed E-state index contributed by atoms with van der Waals surface area (Å²) in [4.78, 5) is 34.4. The number of hydrogen-bond donors (Lipinski definition) is 1. The van der Waals surface area contributed by atoms with E-state index < -0.39 is 0 Å². The molecule has 0 radical (unpaired) electrons. The lowest BCUT2D eigenvalue weighted by molar-refractivity contribution is -0.116. The third-order valence-electron chi connectivity index (χ3n) is 4.81. The number of anilines is 1. The van der Waals surface area contributed by atoms with E-state index in [-0.39, 0.29) is 18.0 Å². The normalized spacial score (nSPS) is 11.2. The Hall–Kier alpha value is -2.91. The highest BCUT2D eigenvalue weighted by Gasteiger charge is 2.19. The minimum Gasteiger partial charge on any atom is -0.497 e. The molecule has 0 spiro atoms. The van der Waals surface area contributed by atoms with E-state index in [2.05, 4.69) is 5.32 Å². The van der Waals surface area contributed by atoms with Gasteiger partial charge in [0.25, 0.3) is 5.56 Å². The van der Waals surface area contributed by atoms with Gasteiger partial charge in [0.1, 0.15) is 28.7 Å². The Kier molecular flexibility index (Phi) is 6.42. The molecule has 1 aromatic carbocycles. The van der Waals surface area contributed by atoms with Crippen molar-refractivity contribution in [2.24, 2.45) is 0 Å². The highest BCUT2D eigenvalue weighted by molar-refractivity contribution is 7.18. The third-order valence-corrected chi connectivity index (χ3v) is 5.91. The second kappa shape index (κ2) is 8.85. The van der Waals surface area contributed by atoms with Crippen molar-refractivity contribution < 1.29 is 14.3 Å². The second-order valence-electron chi connectivity index (χ2n) is 7.23. The lowest BCUT2D eigenvalue weighted by atomic mass is 10.2. The highest BCUT2D eigenvalue weighted by Crippen LogP contribution is 2.29. The van der Waals surface area contributed by atoms with E-state index in [1.165, 1.54) is 23.0 Å². The van der Waals surface area contributed by atoms with Gasteiger partial charge in [-0.2, -0.15) is 0 Å². The minimum atomic E-state index is -0.341. The number of hydrogen-bond acceptors (Lipinski definition) is 7. The molecule has 0 saturated carbocycles. The Morgan fingerprint density at radius 3 is 2.60 bits per heavy atom. The van der Waals surface area contributed by atoms with Gasteiger partial charge in [-0.15, -0.1) is 11.3 Å². The Morgan fingerprint density at radius 2 is 1.97 bits per heavy atom. The molecule has 0 fully saturated rings. The first-order valence-electron chi connectivity index (χ1n) is 9.41. The van der Waals surface area contributed by atoms with Crippen LogP contribution in [0.15, 0.2) is 23.0 Å². The van der Waals surface area contributed by atoms with Crippen LogP contribution in [-0.2, 0) is 17.9 Å². The number of nitrogens with zero attached hydrogens (tertiary/aromatic N) is 3. The number of ether oxygens (including phenoxy) is 2. The van der Waals surface area contributed by atoms with Crippen molar-refractivity contribution in [3.05, 3.63) is 44.8 Å². The maximum Gasteiger partial charge on any atom is 0.263 e. The average molecular weight is 431 g/mol. The summed E-state index contributed by atoms with van der Waals surface area (Å²) in [6.07, 6.45) is 0. The van der Waals surface area contributed by atoms with E-state index >= 15 is 0 Å². The first-order valence-corrected chi connectivity index (χ1v) is 10.2. The van der Waals surface area contributed by atoms with Gasteiger partial charge in [0.15, 0.2) is 0 Å². The van der Waals surface area contributed by atoms with Crippen LogP contribution in [0.1, 0.15) is 16.3 Å². The summed E-state index contributed by atoms with van der Waals surface area (Å²) in [6, 6.07) is 5.12. The Labute approximate surface area is 179 Å². The summed E-state index contributed by atoms with van der Waals surface area (Å²) in [7, 11) is 6.87. The van der Waals surface area contributed by atoms with Crippen molar-refractivity contribution in [2.45, 2.75) is 26.9 Å². The summed E-state index contributed by atoms with van der Waals surface area (Å²) in [6.45, 7) is 4.18. The third kappa shape index (κ3) is 4.31. The quantitative estimate of drug-likeness (QED) is 0.620. The largest absolute Gasteiger partial charge is 0.497 e. The van der Waals surface area contributed by atoms with Crippen LogP contribution >= 0.6 is 11.3 Å². The molecular weight excluding hydrogens is 404 g/mol. The molecule has 8 nitrogen and oxygen atoms in total. The fraction of sp³-hybridized carbons (Fsp3) is 0.381. The number of nitrogens with one attached hydrogen (secondary N) is 1. The van der Waals surface area contributed by atoms with Crippen LogP contribution in [0.4, 0.5) is 5.69 Å². The summed E-state index contributed by atoms with van der Waals surface area (Å²) >= 11 is 1.50. The van der Waals surface area contributed by atoms with Gasteiger partial charge in [0.2, 0.25) is 5.91 Å². The first kappa shape index (κ1) is 21.8. The molecule has 0 bridgehead atoms. The SMILES string of the molecule is COc1ccc(NC(=O)Cn2c(CN(C)C)nc3sc(C)c(C)c3c2=O)c(OC)c1. The van der Waals surface area contributed by atoms with Gasteiger partial charge in [-0.3, -0.25) is 14.2 Å². The summed E-state index contributed by atoms with van der Waals surface area (Å²) in [5, 5.41) is 3.40. The molecule has 30 heavy (non-hydrogen) atoms. The van der Waals surface area contributed by atoms with E-state index in [4.69, 9.17) is 14.5 Å². The van der Waals surface area contributed by atoms with Crippen LogP contribution in [0.5, 0.6) is 11.5 Å². The predicted molar refractivity (Wildman–Crippen MR) is 119 cm³/mol. The number of carbonyl (C=O) groups excluding carboxylic acids is 1. The zero-order valence-electron chi connectivity index (χ0n) is 18.0. The molecule has 0 saturated heterocycles. The molecule has 2 aromatic heterocycles. The standard InChI is InChI=1S/C21H26N4O4S/c1-12-13(2)30-20-19(12)21(27)25(17(23-20)10-24(3)4)11-18(26)22-15-8-7-14(28-5)9-16(15)29-6/h7-9H,10-11H2,1-6H3,(H,22,26). The van der Waals surface area contributed by atoms with Crippen molar-refractivity contribution in [3.8, 4) is 11.5 Å². The van der Waals surface area contributed by atoms with Crippen molar-refractivity contribution in [2.75, 3.05) is 33.6 Å². The van der Waals surface area contributed by atoms with Crippen molar-refractivity contribution >= 4 is 33.1 Å². The summed E-state index contributed by atoms with van der Waals surface area (Å²) < 4.78 is 12.0. The topological polar surface area (TPSA) is 85.7 Å². The van der Waals surface area contributed by atoms with E-state index in [1.807, 2.05) is 32.8 Å². The van der Waals surface area contributed by atoms with Gasteiger partial charge in [-0.25, -0.2) is 4.98 Å². The Morgan fingerprint density at radius 1 is 1.23 bits per heavy atom. The Bertz CT molecular complexity index is 1150. The molecule has 160 valence electrons. The molecule has 0 aliphatic rings. The number of aromatic nitrogens is 2. The van der Waals surface area contributed by atoms with Gasteiger partial charge < -0.3 is 19.7 Å². The van der Waals surface area contributed by atoms with Crippen molar-refractivity contribution in [3.63, 3.8) is 0 Å². The smallest absolute Gasteiger partial charge is 0.263 e. The molecule has 1 N–H and O–H groups in total. The van der Waals surface area contributed by atoms with Crippen molar-refractivity contribution in [1.82, 2.24) is 14.5 Å². The monoisotopic (exact) mass is 430 g/mol. The van der Waals surface area contributed by atoms with Crippen LogP contribution in [-0.4, -0.2) is 48.7 Å². The van der Waals surface area contributed by atoms with Gasteiger partial charge in [-0.1, -0.05) is 0 Å². The number of rotatable bonds is 7. The fourth-order valence-corrected chi connectivity index (χ4v) is 4.21. The maximum absolute atomic E-state index is 13.2. The average Bonchev–Trinajstić information content (AvgIpc) is 2.98. The van der Waals surface area contributed by atoms with Crippen LogP contribution < -0.4 is 20.3 Å². The first-order chi connectivity index (χ1) is 14.2. The molecule has 3 aromatic rings. The number of fused-ring (bicyclic) bond motifs is 1. The zero-order chi connectivity index (χ0) is 22.0. The lowest BCUT2D eigenvalue weighted by Crippen LogP contribution is -2.33. The summed E-state index contributed by atoms with van der Waals surface area (Å²) in [5.41, 5.74) is 1.22. The second-order valence-corrected chi connectivity index (χ2v) is 8.44. The minimum absolute atomic E-state index is 0.144. The molecule has 0 aliphatic carbocycles. The van der Waals surface area contributed by atoms with Gasteiger partial charge in [0, 0.05) is 10.9 Å². The van der Waals surface area contributed by atoms with E-state index in [1.54, 1.807) is 25.3 Å². The van der Waals surface area contributed by atoms with Crippen LogP contribution in [0.3, 0.4) is 0 Å². The predicted octanol–water partition coefficient (Wildman–Crippen LogP) is 2.79. The highest BCUT2D eigenvalue weighted by atomic mass is 32.1. The summed E-state index contributed by atoms with van der Waals surface area (Å²) in [5.74, 6) is 1.30. The molecular formula is C21H26N4O4S. The van der Waals surface area contributed by atoms with Gasteiger partial charge >= 0.3 is 0 Å². The Balaban J connectivity index is 1.98. The number of carbonyl (C=O) groups is 1. The maximum atomic E-state index is 13.2. The molecule has 0 unspecified atom stereocenters. The zero-order valence-corrected chi connectivity index (χ0v) is 18.8. The molecule has 2 heterocycles. The van der Waals surface area contributed by atoms with Crippen LogP contribution in [0, 0.1) is 13.8 Å².